The number of nitrogens with zero attached hydrogens (tertiary/aromatic N) is 2. The van der Waals surface area contributed by atoms with E-state index in [9.17, 15) is 18.0 Å². The lowest BCUT2D eigenvalue weighted by atomic mass is 9.94. The first kappa shape index (κ1) is 34.1. The van der Waals surface area contributed by atoms with E-state index < -0.39 is 34.3 Å². The molecule has 0 bridgehead atoms. The molecule has 4 aromatic rings. The summed E-state index contributed by atoms with van der Waals surface area (Å²) in [5, 5.41) is 3.49. The second kappa shape index (κ2) is 15.6. The predicted molar refractivity (Wildman–Crippen MR) is 183 cm³/mol. The highest BCUT2D eigenvalue weighted by molar-refractivity contribution is 7.92. The number of amides is 2. The molecule has 246 valence electrons. The number of rotatable bonds is 12. The molecule has 1 atom stereocenters. The summed E-state index contributed by atoms with van der Waals surface area (Å²) in [4.78, 5) is 30.1. The minimum atomic E-state index is -4.28. The van der Waals surface area contributed by atoms with Crippen molar-refractivity contribution < 1.29 is 22.4 Å². The van der Waals surface area contributed by atoms with Crippen LogP contribution in [0, 0.1) is 12.7 Å². The number of sulfonamides is 1. The summed E-state index contributed by atoms with van der Waals surface area (Å²) in [7, 11) is -4.28. The van der Waals surface area contributed by atoms with Crippen LogP contribution >= 0.6 is 11.6 Å². The fourth-order valence-corrected chi connectivity index (χ4v) is 7.67. The van der Waals surface area contributed by atoms with E-state index in [4.69, 9.17) is 11.6 Å². The number of anilines is 1. The number of hydrogen-bond acceptors (Lipinski definition) is 4. The Labute approximate surface area is 281 Å². The predicted octanol–water partition coefficient (Wildman–Crippen LogP) is 7.07. The van der Waals surface area contributed by atoms with Crippen LogP contribution in [0.3, 0.4) is 0 Å². The second-order valence-electron chi connectivity index (χ2n) is 11.9. The molecule has 1 aliphatic rings. The third-order valence-corrected chi connectivity index (χ3v) is 10.8. The van der Waals surface area contributed by atoms with Crippen LogP contribution in [-0.4, -0.2) is 43.8 Å². The largest absolute Gasteiger partial charge is 0.352 e. The zero-order valence-electron chi connectivity index (χ0n) is 26.3. The maximum absolute atomic E-state index is 15.2. The molecule has 1 fully saturated rings. The monoisotopic (exact) mass is 675 g/mol. The van der Waals surface area contributed by atoms with E-state index in [1.54, 1.807) is 61.5 Å². The molecule has 1 aliphatic carbocycles. The SMILES string of the molecule is Cc1c(Cl)cccc1N(CC(=O)N(Cc1ccccc1F)[C@@H](Cc1ccccc1)C(=O)NC1CCCCC1)S(=O)(=O)c1ccccc1. The molecule has 0 heterocycles. The van der Waals surface area contributed by atoms with E-state index in [2.05, 4.69) is 5.32 Å². The zero-order chi connectivity index (χ0) is 33.4. The molecular weight excluding hydrogens is 637 g/mol. The van der Waals surface area contributed by atoms with E-state index in [-0.39, 0.29) is 41.1 Å². The zero-order valence-corrected chi connectivity index (χ0v) is 27.9. The van der Waals surface area contributed by atoms with Crippen LogP contribution in [0.1, 0.15) is 48.8 Å². The van der Waals surface area contributed by atoms with Crippen LogP contribution in [-0.2, 0) is 32.6 Å². The first-order chi connectivity index (χ1) is 22.6. The number of benzene rings is 4. The van der Waals surface area contributed by atoms with Crippen LogP contribution < -0.4 is 9.62 Å². The maximum Gasteiger partial charge on any atom is 0.264 e. The molecule has 1 saturated carbocycles. The van der Waals surface area contributed by atoms with Crippen molar-refractivity contribution in [3.05, 3.63) is 131 Å². The Kier molecular flexibility index (Phi) is 11.3. The van der Waals surface area contributed by atoms with Crippen LogP contribution in [0.25, 0.3) is 0 Å². The molecule has 0 saturated heterocycles. The van der Waals surface area contributed by atoms with Gasteiger partial charge in [0.2, 0.25) is 11.8 Å². The average molecular weight is 676 g/mol. The van der Waals surface area contributed by atoms with E-state index in [0.717, 1.165) is 42.0 Å². The van der Waals surface area contributed by atoms with E-state index in [1.165, 1.54) is 23.1 Å². The molecule has 2 amide bonds. The van der Waals surface area contributed by atoms with Gasteiger partial charge in [-0.2, -0.15) is 0 Å². The Morgan fingerprint density at radius 3 is 2.19 bits per heavy atom. The third-order valence-electron chi connectivity index (χ3n) is 8.64. The smallest absolute Gasteiger partial charge is 0.264 e. The highest BCUT2D eigenvalue weighted by Gasteiger charge is 2.36. The quantitative estimate of drug-likeness (QED) is 0.174. The lowest BCUT2D eigenvalue weighted by molar-refractivity contribution is -0.140. The van der Waals surface area contributed by atoms with Gasteiger partial charge in [-0.05, 0) is 61.2 Å². The van der Waals surface area contributed by atoms with Gasteiger partial charge >= 0.3 is 0 Å². The van der Waals surface area contributed by atoms with Gasteiger partial charge in [-0.15, -0.1) is 0 Å². The van der Waals surface area contributed by atoms with Crippen molar-refractivity contribution >= 4 is 39.1 Å². The van der Waals surface area contributed by atoms with Crippen LogP contribution in [0.5, 0.6) is 0 Å². The summed E-state index contributed by atoms with van der Waals surface area (Å²) in [5.41, 5.74) is 1.72. The lowest BCUT2D eigenvalue weighted by Gasteiger charge is -2.35. The molecule has 4 aromatic carbocycles. The Morgan fingerprint density at radius 1 is 0.872 bits per heavy atom. The summed E-state index contributed by atoms with van der Waals surface area (Å²) < 4.78 is 44.6. The van der Waals surface area contributed by atoms with Crippen molar-refractivity contribution in [1.29, 1.82) is 0 Å². The number of carbonyl (C=O) groups excluding carboxylic acids is 2. The average Bonchev–Trinajstić information content (AvgIpc) is 3.08. The summed E-state index contributed by atoms with van der Waals surface area (Å²) in [5.74, 6) is -1.55. The molecule has 7 nitrogen and oxygen atoms in total. The van der Waals surface area contributed by atoms with Gasteiger partial charge in [0.15, 0.2) is 0 Å². The Hall–Kier alpha value is -4.21. The molecule has 5 rings (SSSR count). The van der Waals surface area contributed by atoms with Gasteiger partial charge in [-0.1, -0.05) is 104 Å². The van der Waals surface area contributed by atoms with Crippen molar-refractivity contribution in [2.75, 3.05) is 10.8 Å². The summed E-state index contributed by atoms with van der Waals surface area (Å²) >= 11 is 6.44. The Balaban J connectivity index is 1.59. The topological polar surface area (TPSA) is 86.8 Å². The highest BCUT2D eigenvalue weighted by Crippen LogP contribution is 2.31. The van der Waals surface area contributed by atoms with Gasteiger partial charge in [0.05, 0.1) is 10.6 Å². The van der Waals surface area contributed by atoms with Gasteiger partial charge in [0, 0.05) is 29.6 Å². The van der Waals surface area contributed by atoms with Crippen molar-refractivity contribution in [1.82, 2.24) is 10.2 Å². The van der Waals surface area contributed by atoms with Crippen molar-refractivity contribution in [3.8, 4) is 0 Å². The molecule has 10 heteroatoms. The number of nitrogens with one attached hydrogen (secondary N) is 1. The lowest BCUT2D eigenvalue weighted by Crippen LogP contribution is -2.55. The molecule has 0 aromatic heterocycles. The number of halogens is 2. The van der Waals surface area contributed by atoms with Crippen LogP contribution in [0.4, 0.5) is 10.1 Å². The van der Waals surface area contributed by atoms with E-state index in [1.807, 2.05) is 30.3 Å². The summed E-state index contributed by atoms with van der Waals surface area (Å²) in [6, 6.07) is 27.0. The van der Waals surface area contributed by atoms with Gasteiger partial charge in [0.25, 0.3) is 10.0 Å². The standard InChI is InChI=1S/C37H39ClFN3O4S/c1-27-32(38)21-13-23-34(27)42(47(45,46)31-19-9-4-10-20-31)26-36(43)41(25-29-16-11-12-22-33(29)39)35(24-28-14-5-2-6-15-28)37(44)40-30-17-7-3-8-18-30/h2,4-6,9-16,19-23,30,35H,3,7-8,17-18,24-26H2,1H3,(H,40,44)/t35-/m0/s1. The Bertz CT molecular complexity index is 1780. The normalized spacial score (nSPS) is 14.3. The molecule has 0 radical (unpaired) electrons. The van der Waals surface area contributed by atoms with E-state index in [0.29, 0.717) is 10.6 Å². The first-order valence-electron chi connectivity index (χ1n) is 15.8. The van der Waals surface area contributed by atoms with Gasteiger partial charge in [-0.3, -0.25) is 13.9 Å². The minimum absolute atomic E-state index is 0.0105. The molecule has 0 spiro atoms. The fourth-order valence-electron chi connectivity index (χ4n) is 6.01. The van der Waals surface area contributed by atoms with Crippen molar-refractivity contribution in [2.45, 2.75) is 69.0 Å². The summed E-state index contributed by atoms with van der Waals surface area (Å²) in [6.45, 7) is 0.798. The molecule has 47 heavy (non-hydrogen) atoms. The highest BCUT2D eigenvalue weighted by atomic mass is 35.5. The molecular formula is C37H39ClFN3O4S. The maximum atomic E-state index is 15.2. The second-order valence-corrected chi connectivity index (χ2v) is 14.1. The van der Waals surface area contributed by atoms with Crippen molar-refractivity contribution in [2.24, 2.45) is 0 Å². The number of hydrogen-bond donors (Lipinski definition) is 1. The van der Waals surface area contributed by atoms with Crippen molar-refractivity contribution in [3.63, 3.8) is 0 Å². The molecule has 0 aliphatic heterocycles. The Morgan fingerprint density at radius 2 is 1.51 bits per heavy atom. The molecule has 1 N–H and O–H groups in total. The first-order valence-corrected chi connectivity index (χ1v) is 17.7. The van der Waals surface area contributed by atoms with Gasteiger partial charge in [-0.25, -0.2) is 12.8 Å². The summed E-state index contributed by atoms with van der Waals surface area (Å²) in [6.07, 6.45) is 4.92. The third kappa shape index (κ3) is 8.39. The van der Waals surface area contributed by atoms with E-state index >= 15 is 4.39 Å². The van der Waals surface area contributed by atoms with Crippen LogP contribution in [0.15, 0.2) is 108 Å². The molecule has 0 unspecified atom stereocenters. The van der Waals surface area contributed by atoms with Crippen LogP contribution in [0.2, 0.25) is 5.02 Å². The number of carbonyl (C=O) groups is 2. The van der Waals surface area contributed by atoms with Gasteiger partial charge in [0.1, 0.15) is 18.4 Å². The van der Waals surface area contributed by atoms with Gasteiger partial charge < -0.3 is 10.2 Å². The fraction of sp³-hybridized carbons (Fsp3) is 0.297. The minimum Gasteiger partial charge on any atom is -0.352 e.